The Kier molecular flexibility index (Phi) is 13.2. The van der Waals surface area contributed by atoms with E-state index in [1.807, 2.05) is 0 Å². The number of hydrogen-bond acceptors (Lipinski definition) is 2. The van der Waals surface area contributed by atoms with Crippen molar-refractivity contribution in [3.8, 4) is 77.9 Å². The van der Waals surface area contributed by atoms with Gasteiger partial charge in [0.2, 0.25) is 0 Å². The van der Waals surface area contributed by atoms with Gasteiger partial charge in [0.05, 0.1) is 11.2 Å². The van der Waals surface area contributed by atoms with E-state index in [4.69, 9.17) is 20.9 Å². The second-order valence-electron chi connectivity index (χ2n) is 30.6. The minimum Gasteiger partial charge on any atom is -0.399 e. The van der Waals surface area contributed by atoms with Crippen molar-refractivity contribution in [2.24, 2.45) is 0 Å². The molecule has 107 heavy (non-hydrogen) atoms. The predicted molar refractivity (Wildman–Crippen MR) is 462 cm³/mol. The van der Waals surface area contributed by atoms with E-state index < -0.39 is 0 Å². The molecule has 0 bridgehead atoms. The maximum absolute atomic E-state index is 6.77. The largest absolute Gasteiger partial charge is 0.495 e. The van der Waals surface area contributed by atoms with Crippen LogP contribution in [0.4, 0.5) is 0 Å². The van der Waals surface area contributed by atoms with Crippen LogP contribution < -0.4 is 5.46 Å². The molecule has 1 aliphatic heterocycles. The summed E-state index contributed by atoms with van der Waals surface area (Å²) in [5, 5.41) is 38.0. The van der Waals surface area contributed by atoms with Crippen LogP contribution in [0.1, 0.15) is 35.1 Å². The minimum atomic E-state index is -0.335. The molecule has 0 N–H and O–H groups in total. The van der Waals surface area contributed by atoms with Crippen LogP contribution in [0.3, 0.4) is 0 Å². The van der Waals surface area contributed by atoms with Crippen molar-refractivity contribution in [3.05, 3.63) is 320 Å². The molecule has 22 aromatic rings. The van der Waals surface area contributed by atoms with Crippen molar-refractivity contribution in [2.75, 3.05) is 0 Å². The number of rotatable bonds is 4. The fourth-order valence-electron chi connectivity index (χ4n) is 19.7. The van der Waals surface area contributed by atoms with E-state index in [9.17, 15) is 0 Å². The Balaban J connectivity index is 0.000000105. The lowest BCUT2D eigenvalue weighted by Gasteiger charge is -2.32. The second kappa shape index (κ2) is 22.7. The van der Waals surface area contributed by atoms with Crippen molar-refractivity contribution < 1.29 is 9.31 Å². The number of halogens is 1. The monoisotopic (exact) mass is 1380 g/mol. The van der Waals surface area contributed by atoms with Gasteiger partial charge in [-0.25, -0.2) is 0 Å². The second-order valence-corrected chi connectivity index (χ2v) is 31.0. The highest BCUT2D eigenvalue weighted by Crippen LogP contribution is 2.58. The van der Waals surface area contributed by atoms with Gasteiger partial charge in [0.1, 0.15) is 0 Å². The molecular weight excluding hydrogens is 1320 g/mol. The molecule has 25 rings (SSSR count). The molecule has 1 saturated heterocycles. The van der Waals surface area contributed by atoms with Gasteiger partial charge in [-0.05, 0) is 286 Å². The Morgan fingerprint density at radius 3 is 1.05 bits per heavy atom. The van der Waals surface area contributed by atoms with E-state index in [1.165, 1.54) is 229 Å². The van der Waals surface area contributed by atoms with Crippen LogP contribution in [0, 0.1) is 0 Å². The Morgan fingerprint density at radius 2 is 0.551 bits per heavy atom. The molecule has 0 radical (unpaired) electrons. The zero-order chi connectivity index (χ0) is 70.2. The average Bonchev–Trinajstić information content (AvgIpc) is 1.53. The first kappa shape index (κ1) is 62.2. The lowest BCUT2D eigenvalue weighted by Crippen LogP contribution is -2.41. The number of benzene rings is 18. The van der Waals surface area contributed by atoms with E-state index in [1.54, 1.807) is 0 Å². The number of fused-ring (bicyclic) bond motifs is 20. The van der Waals surface area contributed by atoms with E-state index >= 15 is 0 Å². The van der Waals surface area contributed by atoms with Crippen LogP contribution in [-0.2, 0) is 9.31 Å². The smallest absolute Gasteiger partial charge is 0.399 e. The van der Waals surface area contributed by atoms with Crippen molar-refractivity contribution in [1.29, 1.82) is 0 Å². The first-order chi connectivity index (χ1) is 52.0. The summed E-state index contributed by atoms with van der Waals surface area (Å²) in [5.41, 5.74) is 18.7. The van der Waals surface area contributed by atoms with E-state index in [0.717, 1.165) is 10.5 Å². The Hall–Kier alpha value is -12.2. The van der Waals surface area contributed by atoms with Gasteiger partial charge >= 0.3 is 7.12 Å². The van der Waals surface area contributed by atoms with Crippen molar-refractivity contribution >= 4 is 175 Å². The molecule has 4 heteroatoms. The summed E-state index contributed by atoms with van der Waals surface area (Å²) in [7, 11) is -0.335. The van der Waals surface area contributed by atoms with Crippen LogP contribution in [-0.4, -0.2) is 18.3 Å². The summed E-state index contributed by atoms with van der Waals surface area (Å²) in [6, 6.07) is 116. The van der Waals surface area contributed by atoms with Gasteiger partial charge in [-0.1, -0.05) is 310 Å². The summed E-state index contributed by atoms with van der Waals surface area (Å²) in [4.78, 5) is 0. The summed E-state index contributed by atoms with van der Waals surface area (Å²) in [5.74, 6) is 0. The third-order valence-corrected chi connectivity index (χ3v) is 24.9. The molecule has 0 atom stereocenters. The maximum atomic E-state index is 6.77. The summed E-state index contributed by atoms with van der Waals surface area (Å²) in [6.45, 7) is 8.40. The first-order valence-corrected chi connectivity index (χ1v) is 37.5. The molecule has 2 nitrogen and oxygen atoms in total. The zero-order valence-electron chi connectivity index (χ0n) is 58.8. The van der Waals surface area contributed by atoms with Gasteiger partial charge < -0.3 is 9.31 Å². The Labute approximate surface area is 624 Å². The number of hydrogen-bond donors (Lipinski definition) is 0. The van der Waals surface area contributed by atoms with Crippen LogP contribution in [0.25, 0.3) is 229 Å². The average molecular weight is 1380 g/mol. The SMILES string of the molecule is C.CC1(C)OB(c2ccc3c4c(cccc24)-c2ccccc2-3)OC1(C)C.Clc1cc2c(-c3ccccc3)c3c4cccc5cccc(c54)c3c3c4ccccc4c(c1)c23.c1ccc(-c2c3cc(-c4ccc5c6c(cccc46)-c4ccccc4-5)cc4c5ccccc5c(c34)c3c4cccc5cccc(c23)c54)cc1. The van der Waals surface area contributed by atoms with Gasteiger partial charge in [0, 0.05) is 5.02 Å². The highest BCUT2D eigenvalue weighted by molar-refractivity contribution is 6.65. The maximum Gasteiger partial charge on any atom is 0.495 e. The minimum absolute atomic E-state index is 0. The lowest BCUT2D eigenvalue weighted by molar-refractivity contribution is 0.00578. The van der Waals surface area contributed by atoms with E-state index in [0.29, 0.717) is 0 Å². The van der Waals surface area contributed by atoms with Crippen LogP contribution >= 0.6 is 11.6 Å². The van der Waals surface area contributed by atoms with Crippen molar-refractivity contribution in [3.63, 3.8) is 0 Å². The van der Waals surface area contributed by atoms with Crippen LogP contribution in [0.15, 0.2) is 315 Å². The van der Waals surface area contributed by atoms with Crippen LogP contribution in [0.5, 0.6) is 0 Å². The van der Waals surface area contributed by atoms with Crippen molar-refractivity contribution in [1.82, 2.24) is 0 Å². The predicted octanol–water partition coefficient (Wildman–Crippen LogP) is 28.8. The molecular formula is C103H68BClO2. The van der Waals surface area contributed by atoms with Gasteiger partial charge in [0.15, 0.2) is 0 Å². The summed E-state index contributed by atoms with van der Waals surface area (Å²) < 4.78 is 12.6. The topological polar surface area (TPSA) is 18.5 Å². The standard InChI is InChI=1S/C48H26.C32H17Cl.C22H21BO2.CH4/c1-2-11-28(12-3-1)43-41-26-29(30-23-24-37-32-16-5-4-15-31(32)35-20-10-19-34(30)44(35)37)25-40-33-17-6-7-18-36(33)46(45(40)41)48-39-22-9-14-27-13-8-21-38(42(27)39)47(43)48;33-20-16-25-21-12-4-5-13-22(21)30-29(25)26(17-20)28(19-8-2-1-3-9-19)31-23-14-6-10-18-11-7-15-24(27(18)23)32(30)31;1-21(2)22(3,4)25-23(24-21)19-13-12-17-15-9-6-5-8-14(15)16-10-7-11-18(19)20(16)17;/h1-26H;1-17H;5-13H,1-4H3;1H4. The molecule has 0 unspecified atom stereocenters. The third kappa shape index (κ3) is 8.51. The third-order valence-electron chi connectivity index (χ3n) is 24.7. The molecule has 0 saturated carbocycles. The lowest BCUT2D eigenvalue weighted by atomic mass is 9.75. The van der Waals surface area contributed by atoms with Gasteiger partial charge in [0.25, 0.3) is 0 Å². The molecule has 502 valence electrons. The van der Waals surface area contributed by atoms with Crippen LogP contribution in [0.2, 0.25) is 5.02 Å². The molecule has 1 heterocycles. The first-order valence-electron chi connectivity index (χ1n) is 37.1. The van der Waals surface area contributed by atoms with E-state index in [2.05, 4.69) is 343 Å². The molecule has 2 aliphatic carbocycles. The molecule has 0 amide bonds. The molecule has 0 aromatic heterocycles. The highest BCUT2D eigenvalue weighted by Gasteiger charge is 2.52. The summed E-state index contributed by atoms with van der Waals surface area (Å²) in [6.07, 6.45) is 0. The summed E-state index contributed by atoms with van der Waals surface area (Å²) >= 11 is 6.77. The molecule has 3 aliphatic rings. The fraction of sp³-hybridized carbons (Fsp3) is 0.0680. The molecule has 0 spiro atoms. The van der Waals surface area contributed by atoms with Gasteiger partial charge in [-0.15, -0.1) is 0 Å². The van der Waals surface area contributed by atoms with Crippen molar-refractivity contribution in [2.45, 2.75) is 46.3 Å². The van der Waals surface area contributed by atoms with E-state index in [-0.39, 0.29) is 25.7 Å². The molecule has 1 fully saturated rings. The highest BCUT2D eigenvalue weighted by atomic mass is 35.5. The molecule has 22 aromatic carbocycles. The normalized spacial score (nSPS) is 14.0. The Bertz CT molecular complexity index is 7440. The Morgan fingerprint density at radius 1 is 0.224 bits per heavy atom. The quantitative estimate of drug-likeness (QED) is 0.164. The van der Waals surface area contributed by atoms with Gasteiger partial charge in [-0.3, -0.25) is 0 Å². The fourth-order valence-corrected chi connectivity index (χ4v) is 19.9. The van der Waals surface area contributed by atoms with Gasteiger partial charge in [-0.2, -0.15) is 0 Å². The zero-order valence-corrected chi connectivity index (χ0v) is 59.5.